The lowest BCUT2D eigenvalue weighted by Crippen LogP contribution is -2.11. The van der Waals surface area contributed by atoms with Crippen LogP contribution in [0.3, 0.4) is 0 Å². The SMILES string of the molecule is Cc1cc(C)c2oc(-c3ccc(C)c(NC(=O)c4ccc(Br)o4)c3)nc2c1. The molecule has 6 heteroatoms. The summed E-state index contributed by atoms with van der Waals surface area (Å²) in [6, 6.07) is 13.1. The van der Waals surface area contributed by atoms with Crippen LogP contribution in [0.25, 0.3) is 22.6 Å². The molecule has 0 spiro atoms. The summed E-state index contributed by atoms with van der Waals surface area (Å²) in [5, 5.41) is 2.88. The van der Waals surface area contributed by atoms with Gasteiger partial charge >= 0.3 is 0 Å². The quantitative estimate of drug-likeness (QED) is 0.435. The van der Waals surface area contributed by atoms with Crippen molar-refractivity contribution in [2.24, 2.45) is 0 Å². The Balaban J connectivity index is 1.70. The molecule has 5 nitrogen and oxygen atoms in total. The second-order valence-corrected chi connectivity index (χ2v) is 7.32. The fourth-order valence-electron chi connectivity index (χ4n) is 3.01. The van der Waals surface area contributed by atoms with Gasteiger partial charge in [-0.3, -0.25) is 4.79 Å². The molecule has 0 bridgehead atoms. The van der Waals surface area contributed by atoms with Gasteiger partial charge in [-0.15, -0.1) is 0 Å². The lowest BCUT2D eigenvalue weighted by molar-refractivity contribution is 0.0995. The van der Waals surface area contributed by atoms with E-state index in [0.29, 0.717) is 16.2 Å². The highest BCUT2D eigenvalue weighted by Gasteiger charge is 2.15. The summed E-state index contributed by atoms with van der Waals surface area (Å²) in [5.41, 5.74) is 6.20. The van der Waals surface area contributed by atoms with Crippen LogP contribution in [0, 0.1) is 20.8 Å². The number of aromatic nitrogens is 1. The molecule has 2 aromatic heterocycles. The van der Waals surface area contributed by atoms with Crippen molar-refractivity contribution in [1.29, 1.82) is 0 Å². The molecular weight excluding hydrogens is 408 g/mol. The minimum Gasteiger partial charge on any atom is -0.444 e. The van der Waals surface area contributed by atoms with Gasteiger partial charge in [0, 0.05) is 11.3 Å². The predicted octanol–water partition coefficient (Wildman–Crippen LogP) is 6.03. The molecule has 0 aliphatic carbocycles. The molecule has 1 amide bonds. The Bertz CT molecular complexity index is 1170. The maximum Gasteiger partial charge on any atom is 0.291 e. The van der Waals surface area contributed by atoms with E-state index >= 15 is 0 Å². The predicted molar refractivity (Wildman–Crippen MR) is 108 cm³/mol. The van der Waals surface area contributed by atoms with E-state index < -0.39 is 0 Å². The number of amides is 1. The second-order valence-electron chi connectivity index (χ2n) is 6.54. The van der Waals surface area contributed by atoms with Gasteiger partial charge in [0.05, 0.1) is 0 Å². The Hall–Kier alpha value is -2.86. The average molecular weight is 425 g/mol. The molecule has 0 aliphatic rings. The van der Waals surface area contributed by atoms with Crippen molar-refractivity contribution in [2.75, 3.05) is 5.32 Å². The van der Waals surface area contributed by atoms with Crippen LogP contribution in [0.2, 0.25) is 0 Å². The Morgan fingerprint density at radius 2 is 1.81 bits per heavy atom. The van der Waals surface area contributed by atoms with E-state index in [1.54, 1.807) is 12.1 Å². The number of hydrogen-bond donors (Lipinski definition) is 1. The molecule has 0 fully saturated rings. The summed E-state index contributed by atoms with van der Waals surface area (Å²) in [7, 11) is 0. The molecule has 0 atom stereocenters. The zero-order valence-electron chi connectivity index (χ0n) is 15.1. The molecule has 2 aromatic carbocycles. The topological polar surface area (TPSA) is 68.3 Å². The molecule has 1 N–H and O–H groups in total. The van der Waals surface area contributed by atoms with E-state index in [0.717, 1.165) is 33.4 Å². The number of hydrogen-bond acceptors (Lipinski definition) is 4. The smallest absolute Gasteiger partial charge is 0.291 e. The van der Waals surface area contributed by atoms with Crippen LogP contribution in [0.1, 0.15) is 27.2 Å². The Morgan fingerprint density at radius 1 is 1.00 bits per heavy atom. The van der Waals surface area contributed by atoms with Gasteiger partial charge in [-0.05, 0) is 83.7 Å². The van der Waals surface area contributed by atoms with Crippen molar-refractivity contribution in [3.8, 4) is 11.5 Å². The maximum atomic E-state index is 12.4. The first kappa shape index (κ1) is 17.5. The molecule has 0 saturated carbocycles. The van der Waals surface area contributed by atoms with Crippen LogP contribution in [0.4, 0.5) is 5.69 Å². The second kappa shape index (κ2) is 6.70. The van der Waals surface area contributed by atoms with Gasteiger partial charge in [0.15, 0.2) is 16.0 Å². The van der Waals surface area contributed by atoms with Crippen molar-refractivity contribution in [3.63, 3.8) is 0 Å². The normalized spacial score (nSPS) is 11.1. The summed E-state index contributed by atoms with van der Waals surface area (Å²) in [4.78, 5) is 17.0. The van der Waals surface area contributed by atoms with Gasteiger partial charge in [0.2, 0.25) is 5.89 Å². The third-order valence-corrected chi connectivity index (χ3v) is 4.78. The number of nitrogens with zero attached hydrogens (tertiary/aromatic N) is 1. The lowest BCUT2D eigenvalue weighted by atomic mass is 10.1. The van der Waals surface area contributed by atoms with Gasteiger partial charge in [-0.1, -0.05) is 12.1 Å². The van der Waals surface area contributed by atoms with Crippen molar-refractivity contribution in [1.82, 2.24) is 4.98 Å². The molecule has 4 rings (SSSR count). The zero-order valence-corrected chi connectivity index (χ0v) is 16.7. The van der Waals surface area contributed by atoms with Gasteiger partial charge in [-0.2, -0.15) is 0 Å². The number of nitrogens with one attached hydrogen (secondary N) is 1. The minimum absolute atomic E-state index is 0.236. The molecular formula is C21H17BrN2O3. The monoisotopic (exact) mass is 424 g/mol. The number of aryl methyl sites for hydroxylation is 3. The molecule has 0 saturated heterocycles. The highest BCUT2D eigenvalue weighted by molar-refractivity contribution is 9.10. The fourth-order valence-corrected chi connectivity index (χ4v) is 3.32. The summed E-state index contributed by atoms with van der Waals surface area (Å²) in [6.45, 7) is 5.97. The number of carbonyl (C=O) groups excluding carboxylic acids is 1. The Labute approximate surface area is 164 Å². The molecule has 136 valence electrons. The summed E-state index contributed by atoms with van der Waals surface area (Å²) < 4.78 is 11.8. The summed E-state index contributed by atoms with van der Waals surface area (Å²) in [6.07, 6.45) is 0. The van der Waals surface area contributed by atoms with Crippen LogP contribution >= 0.6 is 15.9 Å². The van der Waals surface area contributed by atoms with E-state index in [1.807, 2.05) is 45.0 Å². The number of oxazole rings is 1. The van der Waals surface area contributed by atoms with E-state index in [9.17, 15) is 4.79 Å². The third-order valence-electron chi connectivity index (χ3n) is 4.35. The standard InChI is InChI=1S/C21H17BrN2O3/c1-11-8-13(3)19-16(9-11)24-21(27-19)14-5-4-12(2)15(10-14)23-20(25)17-6-7-18(22)26-17/h4-10H,1-3H3,(H,23,25). The van der Waals surface area contributed by atoms with Crippen molar-refractivity contribution >= 4 is 38.6 Å². The number of anilines is 1. The van der Waals surface area contributed by atoms with Crippen LogP contribution in [0.15, 0.2) is 56.0 Å². The average Bonchev–Trinajstić information content (AvgIpc) is 3.23. The van der Waals surface area contributed by atoms with Gasteiger partial charge in [-0.25, -0.2) is 4.98 Å². The highest BCUT2D eigenvalue weighted by Crippen LogP contribution is 2.30. The van der Waals surface area contributed by atoms with Crippen LogP contribution in [-0.2, 0) is 0 Å². The first-order valence-electron chi connectivity index (χ1n) is 8.46. The number of carbonyl (C=O) groups is 1. The van der Waals surface area contributed by atoms with E-state index in [2.05, 4.69) is 32.3 Å². The molecule has 4 aromatic rings. The fraction of sp³-hybridized carbons (Fsp3) is 0.143. The van der Waals surface area contributed by atoms with E-state index in [-0.39, 0.29) is 11.7 Å². The first-order chi connectivity index (χ1) is 12.9. The summed E-state index contributed by atoms with van der Waals surface area (Å²) in [5.74, 6) is 0.444. The van der Waals surface area contributed by atoms with Crippen molar-refractivity contribution in [2.45, 2.75) is 20.8 Å². The number of furan rings is 1. The van der Waals surface area contributed by atoms with Crippen molar-refractivity contribution in [3.05, 3.63) is 69.6 Å². The highest BCUT2D eigenvalue weighted by atomic mass is 79.9. The largest absolute Gasteiger partial charge is 0.444 e. The van der Waals surface area contributed by atoms with Gasteiger partial charge in [0.1, 0.15) is 5.52 Å². The zero-order chi connectivity index (χ0) is 19.1. The molecule has 0 aliphatic heterocycles. The molecule has 0 unspecified atom stereocenters. The first-order valence-corrected chi connectivity index (χ1v) is 9.25. The lowest BCUT2D eigenvalue weighted by Gasteiger charge is -2.08. The van der Waals surface area contributed by atoms with Gasteiger partial charge in [0.25, 0.3) is 5.91 Å². The minimum atomic E-state index is -0.315. The van der Waals surface area contributed by atoms with Gasteiger partial charge < -0.3 is 14.2 Å². The molecule has 0 radical (unpaired) electrons. The van der Waals surface area contributed by atoms with E-state index in [4.69, 9.17) is 8.83 Å². The van der Waals surface area contributed by atoms with E-state index in [1.165, 1.54) is 0 Å². The maximum absolute atomic E-state index is 12.4. The Morgan fingerprint density at radius 3 is 2.56 bits per heavy atom. The number of halogens is 1. The number of rotatable bonds is 3. The Kier molecular flexibility index (Phi) is 4.36. The summed E-state index contributed by atoms with van der Waals surface area (Å²) >= 11 is 3.20. The number of fused-ring (bicyclic) bond motifs is 1. The molecule has 27 heavy (non-hydrogen) atoms. The third kappa shape index (κ3) is 3.40. The number of benzene rings is 2. The van der Waals surface area contributed by atoms with Crippen LogP contribution in [0.5, 0.6) is 0 Å². The van der Waals surface area contributed by atoms with Crippen LogP contribution in [-0.4, -0.2) is 10.9 Å². The molecule has 2 heterocycles. The van der Waals surface area contributed by atoms with Crippen molar-refractivity contribution < 1.29 is 13.6 Å². The van der Waals surface area contributed by atoms with Crippen LogP contribution < -0.4 is 5.32 Å².